The van der Waals surface area contributed by atoms with Crippen molar-refractivity contribution in [3.63, 3.8) is 0 Å². The van der Waals surface area contributed by atoms with E-state index in [0.29, 0.717) is 18.6 Å². The number of piperidine rings is 1. The maximum atomic E-state index is 6.10. The predicted octanol–water partition coefficient (Wildman–Crippen LogP) is 1.90. The Morgan fingerprint density at radius 2 is 2.11 bits per heavy atom. The van der Waals surface area contributed by atoms with E-state index in [1.807, 2.05) is 18.5 Å². The van der Waals surface area contributed by atoms with Gasteiger partial charge in [0.1, 0.15) is 11.5 Å². The maximum absolute atomic E-state index is 6.10. The molecule has 7 heteroatoms. The zero-order valence-electron chi connectivity index (χ0n) is 15.7. The van der Waals surface area contributed by atoms with Crippen LogP contribution in [0.25, 0.3) is 0 Å². The van der Waals surface area contributed by atoms with Crippen molar-refractivity contribution < 1.29 is 0 Å². The van der Waals surface area contributed by atoms with Gasteiger partial charge in [-0.3, -0.25) is 9.98 Å². The summed E-state index contributed by atoms with van der Waals surface area (Å²) in [5.74, 6) is 1.89. The van der Waals surface area contributed by atoms with Gasteiger partial charge >= 0.3 is 0 Å². The van der Waals surface area contributed by atoms with Gasteiger partial charge in [0.05, 0.1) is 29.8 Å². The summed E-state index contributed by atoms with van der Waals surface area (Å²) in [6.45, 7) is 4.70. The number of anilines is 2. The third kappa shape index (κ3) is 2.86. The molecule has 7 nitrogen and oxygen atoms in total. The molecule has 2 N–H and O–H groups in total. The van der Waals surface area contributed by atoms with Crippen molar-refractivity contribution in [1.29, 1.82) is 0 Å². The average Bonchev–Trinajstić information content (AvgIpc) is 3.10. The molecule has 2 aromatic heterocycles. The predicted molar refractivity (Wildman–Crippen MR) is 106 cm³/mol. The van der Waals surface area contributed by atoms with Gasteiger partial charge in [-0.1, -0.05) is 0 Å². The second-order valence-corrected chi connectivity index (χ2v) is 7.71. The van der Waals surface area contributed by atoms with Crippen LogP contribution in [-0.4, -0.2) is 46.0 Å². The number of nitrogens with zero attached hydrogens (tertiary/aromatic N) is 6. The van der Waals surface area contributed by atoms with E-state index in [-0.39, 0.29) is 0 Å². The van der Waals surface area contributed by atoms with E-state index < -0.39 is 0 Å². The smallest absolute Gasteiger partial charge is 0.156 e. The van der Waals surface area contributed by atoms with Gasteiger partial charge < -0.3 is 15.5 Å². The molecule has 0 bridgehead atoms. The van der Waals surface area contributed by atoms with Crippen LogP contribution in [0.2, 0.25) is 0 Å². The summed E-state index contributed by atoms with van der Waals surface area (Å²) in [5, 5.41) is 0. The zero-order valence-corrected chi connectivity index (χ0v) is 15.7. The number of amidine groups is 1. The Hall–Kier alpha value is -2.54. The van der Waals surface area contributed by atoms with Gasteiger partial charge in [-0.25, -0.2) is 9.97 Å². The Morgan fingerprint density at radius 1 is 1.19 bits per heavy atom. The first-order valence-electron chi connectivity index (χ1n) is 9.85. The van der Waals surface area contributed by atoms with Crippen molar-refractivity contribution in [2.24, 2.45) is 10.7 Å². The molecule has 0 aliphatic carbocycles. The monoisotopic (exact) mass is 363 g/mol. The molecule has 140 valence electrons. The third-order valence-electron chi connectivity index (χ3n) is 5.84. The van der Waals surface area contributed by atoms with E-state index in [1.54, 1.807) is 0 Å². The van der Waals surface area contributed by atoms with Crippen LogP contribution in [0.4, 0.5) is 11.5 Å². The largest absolute Gasteiger partial charge is 0.353 e. The number of aryl methyl sites for hydroxylation is 1. The Morgan fingerprint density at radius 3 is 3.00 bits per heavy atom. The fraction of sp³-hybridized carbons (Fsp3) is 0.500. The summed E-state index contributed by atoms with van der Waals surface area (Å²) in [6, 6.07) is 4.80. The molecule has 3 aliphatic rings. The van der Waals surface area contributed by atoms with E-state index in [4.69, 9.17) is 20.7 Å². The molecule has 1 saturated heterocycles. The maximum Gasteiger partial charge on any atom is 0.156 e. The first-order chi connectivity index (χ1) is 13.2. The van der Waals surface area contributed by atoms with Crippen molar-refractivity contribution in [1.82, 2.24) is 15.0 Å². The minimum Gasteiger partial charge on any atom is -0.353 e. The minimum absolute atomic E-state index is 0.293. The second kappa shape index (κ2) is 6.56. The van der Waals surface area contributed by atoms with E-state index in [1.165, 1.54) is 0 Å². The van der Waals surface area contributed by atoms with Gasteiger partial charge in [0.25, 0.3) is 0 Å². The highest BCUT2D eigenvalue weighted by Crippen LogP contribution is 2.30. The van der Waals surface area contributed by atoms with Crippen molar-refractivity contribution >= 4 is 17.3 Å². The molecule has 0 amide bonds. The fourth-order valence-corrected chi connectivity index (χ4v) is 4.45. The quantitative estimate of drug-likeness (QED) is 0.833. The molecule has 2 atom stereocenters. The molecule has 5 heterocycles. The lowest BCUT2D eigenvalue weighted by Gasteiger charge is -2.37. The van der Waals surface area contributed by atoms with Crippen molar-refractivity contribution in [3.8, 4) is 0 Å². The number of rotatable bonds is 1. The number of hydrogen-bond donors (Lipinski definition) is 1. The van der Waals surface area contributed by atoms with Crippen molar-refractivity contribution in [2.75, 3.05) is 22.9 Å². The Labute approximate surface area is 159 Å². The Balaban J connectivity index is 1.44. The summed E-state index contributed by atoms with van der Waals surface area (Å²) >= 11 is 0. The normalized spacial score (nSPS) is 24.4. The number of aliphatic imine (C=N–C) groups is 1. The molecule has 0 saturated carbocycles. The van der Waals surface area contributed by atoms with Crippen LogP contribution in [0.5, 0.6) is 0 Å². The first-order valence-corrected chi connectivity index (χ1v) is 9.85. The fourth-order valence-electron chi connectivity index (χ4n) is 4.45. The van der Waals surface area contributed by atoms with Crippen LogP contribution in [0, 0.1) is 0 Å². The summed E-state index contributed by atoms with van der Waals surface area (Å²) < 4.78 is 0. The lowest BCUT2D eigenvalue weighted by Crippen LogP contribution is -2.46. The lowest BCUT2D eigenvalue weighted by molar-refractivity contribution is 0.426. The lowest BCUT2D eigenvalue weighted by atomic mass is 9.99. The molecule has 0 spiro atoms. The highest BCUT2D eigenvalue weighted by molar-refractivity contribution is 6.11. The highest BCUT2D eigenvalue weighted by Gasteiger charge is 2.30. The topological polar surface area (TPSA) is 83.5 Å². The molecule has 0 aromatic carbocycles. The van der Waals surface area contributed by atoms with E-state index in [0.717, 1.165) is 73.2 Å². The minimum atomic E-state index is 0.293. The molecule has 27 heavy (non-hydrogen) atoms. The van der Waals surface area contributed by atoms with Crippen LogP contribution >= 0.6 is 0 Å². The number of fused-ring (bicyclic) bond motifs is 2. The Kier molecular flexibility index (Phi) is 4.04. The first kappa shape index (κ1) is 16.6. The molecule has 1 fully saturated rings. The summed E-state index contributed by atoms with van der Waals surface area (Å²) in [4.78, 5) is 23.6. The van der Waals surface area contributed by atoms with E-state index >= 15 is 0 Å². The summed E-state index contributed by atoms with van der Waals surface area (Å²) in [7, 11) is 0. The van der Waals surface area contributed by atoms with Crippen molar-refractivity contribution in [2.45, 2.75) is 51.2 Å². The molecule has 5 rings (SSSR count). The molecule has 2 aromatic rings. The number of aromatic nitrogens is 3. The SMILES string of the molecule is C[C@@H]1C[C@@H](N)CCN1c1cnc2c(n1)CN=C2N1CCCc2ncccc21. The van der Waals surface area contributed by atoms with Gasteiger partial charge in [0.2, 0.25) is 0 Å². The van der Waals surface area contributed by atoms with Crippen LogP contribution in [0.15, 0.2) is 29.5 Å². The van der Waals surface area contributed by atoms with Gasteiger partial charge in [0.15, 0.2) is 5.84 Å². The third-order valence-corrected chi connectivity index (χ3v) is 5.84. The van der Waals surface area contributed by atoms with Gasteiger partial charge in [-0.2, -0.15) is 0 Å². The van der Waals surface area contributed by atoms with Gasteiger partial charge in [0, 0.05) is 31.4 Å². The van der Waals surface area contributed by atoms with Gasteiger partial charge in [-0.15, -0.1) is 0 Å². The molecular formula is C20H25N7. The van der Waals surface area contributed by atoms with Crippen LogP contribution in [0.1, 0.15) is 43.3 Å². The molecule has 0 radical (unpaired) electrons. The van der Waals surface area contributed by atoms with Crippen LogP contribution < -0.4 is 15.5 Å². The van der Waals surface area contributed by atoms with Crippen LogP contribution in [0.3, 0.4) is 0 Å². The average molecular weight is 363 g/mol. The van der Waals surface area contributed by atoms with E-state index in [2.05, 4.69) is 27.8 Å². The number of nitrogens with two attached hydrogens (primary N) is 1. The molecule has 0 unspecified atom stereocenters. The summed E-state index contributed by atoms with van der Waals surface area (Å²) in [5.41, 5.74) is 10.3. The zero-order chi connectivity index (χ0) is 18.4. The highest BCUT2D eigenvalue weighted by atomic mass is 15.3. The van der Waals surface area contributed by atoms with E-state index in [9.17, 15) is 0 Å². The van der Waals surface area contributed by atoms with Crippen LogP contribution in [-0.2, 0) is 13.0 Å². The number of pyridine rings is 1. The molecular weight excluding hydrogens is 338 g/mol. The number of hydrogen-bond acceptors (Lipinski definition) is 7. The molecule has 3 aliphatic heterocycles. The Bertz CT molecular complexity index is 894. The second-order valence-electron chi connectivity index (χ2n) is 7.71. The van der Waals surface area contributed by atoms with Gasteiger partial charge in [-0.05, 0) is 44.7 Å². The van der Waals surface area contributed by atoms with Crippen molar-refractivity contribution in [3.05, 3.63) is 41.6 Å². The standard InChI is InChI=1S/C20H25N7/c1-13-10-14(21)6-9-26(13)18-12-23-19-16(25-18)11-24-20(19)27-8-3-4-15-17(27)5-2-7-22-15/h2,5,7,12-14H,3-4,6,8-11,21H2,1H3/t13-,14+/m1/s1. The summed E-state index contributed by atoms with van der Waals surface area (Å²) in [6.07, 6.45) is 7.87.